The largest absolute Gasteiger partial charge is 0.497 e. The molecule has 1 aliphatic carbocycles. The predicted octanol–water partition coefficient (Wildman–Crippen LogP) is 2.71. The standard InChI is InChI=1S/C14H16O3/c1-9-11(6-7-13(9)15)12-5-4-10(16-2)8-14(12)17-3/h4-5,8,11H,1,6-7H2,2-3H3. The Morgan fingerprint density at radius 3 is 2.59 bits per heavy atom. The minimum absolute atomic E-state index is 0.0864. The molecule has 0 aromatic heterocycles. The summed E-state index contributed by atoms with van der Waals surface area (Å²) in [6.45, 7) is 3.87. The molecule has 1 saturated carbocycles. The van der Waals surface area contributed by atoms with Gasteiger partial charge in [0, 0.05) is 24.0 Å². The Balaban J connectivity index is 2.38. The Kier molecular flexibility index (Phi) is 3.18. The number of hydrogen-bond donors (Lipinski definition) is 0. The smallest absolute Gasteiger partial charge is 0.158 e. The molecule has 0 N–H and O–H groups in total. The average Bonchev–Trinajstić information content (AvgIpc) is 2.69. The van der Waals surface area contributed by atoms with Gasteiger partial charge in [-0.1, -0.05) is 12.6 Å². The molecule has 17 heavy (non-hydrogen) atoms. The summed E-state index contributed by atoms with van der Waals surface area (Å²) in [5, 5.41) is 0. The van der Waals surface area contributed by atoms with E-state index in [0.29, 0.717) is 12.0 Å². The first kappa shape index (κ1) is 11.7. The average molecular weight is 232 g/mol. The van der Waals surface area contributed by atoms with Gasteiger partial charge in [0.05, 0.1) is 14.2 Å². The molecular weight excluding hydrogens is 216 g/mol. The lowest BCUT2D eigenvalue weighted by Gasteiger charge is -2.15. The van der Waals surface area contributed by atoms with Crippen molar-refractivity contribution in [2.75, 3.05) is 14.2 Å². The molecule has 0 amide bonds. The SMILES string of the molecule is C=C1C(=O)CCC1c1ccc(OC)cc1OC. The van der Waals surface area contributed by atoms with Crippen LogP contribution in [0.1, 0.15) is 24.3 Å². The summed E-state index contributed by atoms with van der Waals surface area (Å²) in [4.78, 5) is 11.5. The molecule has 0 spiro atoms. The van der Waals surface area contributed by atoms with Gasteiger partial charge in [-0.25, -0.2) is 0 Å². The lowest BCUT2D eigenvalue weighted by Crippen LogP contribution is -2.01. The van der Waals surface area contributed by atoms with Crippen LogP contribution >= 0.6 is 0 Å². The van der Waals surface area contributed by atoms with Crippen LogP contribution in [0, 0.1) is 0 Å². The van der Waals surface area contributed by atoms with Crippen LogP contribution in [-0.2, 0) is 4.79 Å². The van der Waals surface area contributed by atoms with Crippen LogP contribution in [0.5, 0.6) is 11.5 Å². The Morgan fingerprint density at radius 2 is 2.06 bits per heavy atom. The predicted molar refractivity (Wildman–Crippen MR) is 65.7 cm³/mol. The van der Waals surface area contributed by atoms with E-state index in [2.05, 4.69) is 6.58 Å². The first-order valence-corrected chi connectivity index (χ1v) is 5.61. The van der Waals surface area contributed by atoms with Crippen molar-refractivity contribution in [2.45, 2.75) is 18.8 Å². The number of carbonyl (C=O) groups is 1. The molecule has 0 saturated heterocycles. The Labute approximate surface area is 101 Å². The van der Waals surface area contributed by atoms with Gasteiger partial charge in [-0.2, -0.15) is 0 Å². The maximum absolute atomic E-state index is 11.5. The fourth-order valence-corrected chi connectivity index (χ4v) is 2.25. The second-order valence-corrected chi connectivity index (χ2v) is 4.15. The molecule has 1 aliphatic rings. The number of benzene rings is 1. The number of rotatable bonds is 3. The summed E-state index contributed by atoms with van der Waals surface area (Å²) in [7, 11) is 3.24. The van der Waals surface area contributed by atoms with Gasteiger partial charge in [0.1, 0.15) is 11.5 Å². The fourth-order valence-electron chi connectivity index (χ4n) is 2.25. The molecule has 0 bridgehead atoms. The van der Waals surface area contributed by atoms with E-state index in [1.54, 1.807) is 14.2 Å². The van der Waals surface area contributed by atoms with Gasteiger partial charge in [0.2, 0.25) is 0 Å². The molecule has 0 radical (unpaired) electrons. The van der Waals surface area contributed by atoms with Crippen molar-refractivity contribution in [3.8, 4) is 11.5 Å². The molecule has 1 atom stereocenters. The van der Waals surface area contributed by atoms with Gasteiger partial charge >= 0.3 is 0 Å². The van der Waals surface area contributed by atoms with E-state index in [-0.39, 0.29) is 11.7 Å². The molecule has 1 aromatic carbocycles. The van der Waals surface area contributed by atoms with Gasteiger partial charge in [-0.15, -0.1) is 0 Å². The molecule has 3 nitrogen and oxygen atoms in total. The zero-order chi connectivity index (χ0) is 12.4. The van der Waals surface area contributed by atoms with Crippen molar-refractivity contribution in [3.63, 3.8) is 0 Å². The van der Waals surface area contributed by atoms with Gasteiger partial charge in [-0.3, -0.25) is 4.79 Å². The molecule has 1 unspecified atom stereocenters. The van der Waals surface area contributed by atoms with E-state index in [1.807, 2.05) is 18.2 Å². The molecule has 0 heterocycles. The van der Waals surface area contributed by atoms with Crippen molar-refractivity contribution in [1.29, 1.82) is 0 Å². The van der Waals surface area contributed by atoms with Crippen LogP contribution in [0.2, 0.25) is 0 Å². The Hall–Kier alpha value is -1.77. The highest BCUT2D eigenvalue weighted by molar-refractivity contribution is 5.98. The summed E-state index contributed by atoms with van der Waals surface area (Å²) in [5.74, 6) is 1.75. The number of Topliss-reactive ketones (excluding diaryl/α,β-unsaturated/α-hetero) is 1. The topological polar surface area (TPSA) is 35.5 Å². The number of ether oxygens (including phenoxy) is 2. The number of allylic oxidation sites excluding steroid dienone is 1. The first-order valence-electron chi connectivity index (χ1n) is 5.61. The Morgan fingerprint density at radius 1 is 1.29 bits per heavy atom. The number of methoxy groups -OCH3 is 2. The van der Waals surface area contributed by atoms with Crippen LogP contribution in [0.4, 0.5) is 0 Å². The normalized spacial score (nSPS) is 19.5. The zero-order valence-electron chi connectivity index (χ0n) is 10.2. The number of hydrogen-bond acceptors (Lipinski definition) is 3. The molecule has 1 aromatic rings. The number of carbonyl (C=O) groups excluding carboxylic acids is 1. The second kappa shape index (κ2) is 4.62. The molecular formula is C14H16O3. The monoisotopic (exact) mass is 232 g/mol. The maximum Gasteiger partial charge on any atom is 0.158 e. The van der Waals surface area contributed by atoms with E-state index in [1.165, 1.54) is 0 Å². The third-order valence-electron chi connectivity index (χ3n) is 3.25. The minimum atomic E-state index is 0.0864. The van der Waals surface area contributed by atoms with Crippen LogP contribution in [-0.4, -0.2) is 20.0 Å². The second-order valence-electron chi connectivity index (χ2n) is 4.15. The van der Waals surface area contributed by atoms with E-state index in [4.69, 9.17) is 9.47 Å². The van der Waals surface area contributed by atoms with Gasteiger partial charge in [-0.05, 0) is 18.1 Å². The van der Waals surface area contributed by atoms with Gasteiger partial charge in [0.15, 0.2) is 5.78 Å². The lowest BCUT2D eigenvalue weighted by molar-refractivity contribution is -0.114. The van der Waals surface area contributed by atoms with Gasteiger partial charge < -0.3 is 9.47 Å². The summed E-state index contributed by atoms with van der Waals surface area (Å²) >= 11 is 0. The number of ketones is 1. The van der Waals surface area contributed by atoms with Crippen molar-refractivity contribution >= 4 is 5.78 Å². The molecule has 1 fully saturated rings. The van der Waals surface area contributed by atoms with Crippen LogP contribution in [0.15, 0.2) is 30.4 Å². The van der Waals surface area contributed by atoms with Gasteiger partial charge in [0.25, 0.3) is 0 Å². The molecule has 2 rings (SSSR count). The van der Waals surface area contributed by atoms with Crippen LogP contribution in [0.3, 0.4) is 0 Å². The maximum atomic E-state index is 11.5. The quantitative estimate of drug-likeness (QED) is 0.752. The van der Waals surface area contributed by atoms with Crippen molar-refractivity contribution in [1.82, 2.24) is 0 Å². The van der Waals surface area contributed by atoms with E-state index < -0.39 is 0 Å². The van der Waals surface area contributed by atoms with Crippen molar-refractivity contribution in [2.24, 2.45) is 0 Å². The highest BCUT2D eigenvalue weighted by Gasteiger charge is 2.30. The Bertz CT molecular complexity index is 463. The zero-order valence-corrected chi connectivity index (χ0v) is 10.2. The van der Waals surface area contributed by atoms with E-state index in [0.717, 1.165) is 23.5 Å². The van der Waals surface area contributed by atoms with Crippen molar-refractivity contribution < 1.29 is 14.3 Å². The summed E-state index contributed by atoms with van der Waals surface area (Å²) in [6.07, 6.45) is 1.40. The highest BCUT2D eigenvalue weighted by atomic mass is 16.5. The third-order valence-corrected chi connectivity index (χ3v) is 3.25. The fraction of sp³-hybridized carbons (Fsp3) is 0.357. The van der Waals surface area contributed by atoms with Crippen LogP contribution < -0.4 is 9.47 Å². The molecule has 3 heteroatoms. The first-order chi connectivity index (χ1) is 8.17. The minimum Gasteiger partial charge on any atom is -0.497 e. The van der Waals surface area contributed by atoms with Crippen molar-refractivity contribution in [3.05, 3.63) is 35.9 Å². The summed E-state index contributed by atoms with van der Waals surface area (Å²) in [5.41, 5.74) is 1.71. The molecule has 0 aliphatic heterocycles. The highest BCUT2D eigenvalue weighted by Crippen LogP contribution is 2.41. The van der Waals surface area contributed by atoms with Crippen LogP contribution in [0.25, 0.3) is 0 Å². The molecule has 90 valence electrons. The lowest BCUT2D eigenvalue weighted by atomic mass is 9.93. The summed E-state index contributed by atoms with van der Waals surface area (Å²) in [6, 6.07) is 5.67. The summed E-state index contributed by atoms with van der Waals surface area (Å²) < 4.78 is 10.5. The third kappa shape index (κ3) is 2.05. The van der Waals surface area contributed by atoms with E-state index in [9.17, 15) is 4.79 Å². The van der Waals surface area contributed by atoms with E-state index >= 15 is 0 Å².